The number of primary amides is 1. The van der Waals surface area contributed by atoms with Crippen molar-refractivity contribution in [3.05, 3.63) is 76.1 Å². The molecule has 1 aromatic heterocycles. The second kappa shape index (κ2) is 10.1. The molecule has 0 bridgehead atoms. The number of carbonyl (C=O) groups excluding carboxylic acids is 3. The van der Waals surface area contributed by atoms with Gasteiger partial charge in [-0.15, -0.1) is 0 Å². The molecule has 2 amide bonds. The lowest BCUT2D eigenvalue weighted by Gasteiger charge is -2.27. The number of hydrogen-bond acceptors (Lipinski definition) is 6. The Morgan fingerprint density at radius 1 is 1.11 bits per heavy atom. The number of nitrogens with one attached hydrogen (secondary N) is 1. The van der Waals surface area contributed by atoms with Crippen LogP contribution in [0.15, 0.2) is 42.5 Å². The number of fused-ring (bicyclic) bond motifs is 1. The molecule has 1 aliphatic heterocycles. The minimum Gasteiger partial charge on any atom is -0.385 e. The Kier molecular flexibility index (Phi) is 6.97. The van der Waals surface area contributed by atoms with Gasteiger partial charge in [-0.1, -0.05) is 17.7 Å². The third-order valence-corrected chi connectivity index (χ3v) is 6.05. The molecule has 0 fully saturated rings. The number of rotatable bonds is 8. The van der Waals surface area contributed by atoms with Crippen LogP contribution < -0.4 is 11.1 Å². The van der Waals surface area contributed by atoms with E-state index in [4.69, 9.17) is 10.5 Å². The molecule has 0 saturated heterocycles. The summed E-state index contributed by atoms with van der Waals surface area (Å²) in [6.07, 6.45) is 0.750. The number of ether oxygens (including phenoxy) is 1. The zero-order valence-electron chi connectivity index (χ0n) is 20.1. The smallest absolute Gasteiger partial charge is 0.254 e. The lowest BCUT2D eigenvalue weighted by Crippen LogP contribution is -2.40. The Morgan fingerprint density at radius 2 is 1.86 bits per heavy atom. The van der Waals surface area contributed by atoms with Crippen LogP contribution in [0.25, 0.3) is 5.69 Å². The number of anilines is 1. The zero-order valence-corrected chi connectivity index (χ0v) is 20.1. The molecule has 0 spiro atoms. The van der Waals surface area contributed by atoms with Crippen molar-refractivity contribution in [2.75, 3.05) is 32.1 Å². The van der Waals surface area contributed by atoms with Gasteiger partial charge in [-0.3, -0.25) is 14.4 Å². The van der Waals surface area contributed by atoms with Crippen LogP contribution in [0.5, 0.6) is 0 Å². The predicted molar refractivity (Wildman–Crippen MR) is 132 cm³/mol. The quantitative estimate of drug-likeness (QED) is 0.484. The van der Waals surface area contributed by atoms with E-state index in [1.54, 1.807) is 49.0 Å². The average molecular weight is 476 g/mol. The monoisotopic (exact) mass is 475 g/mol. The second-order valence-corrected chi connectivity index (χ2v) is 8.64. The molecule has 2 heterocycles. The fourth-order valence-corrected chi connectivity index (χ4v) is 4.27. The highest BCUT2D eigenvalue weighted by Crippen LogP contribution is 2.28. The van der Waals surface area contributed by atoms with E-state index in [9.17, 15) is 14.4 Å². The predicted octanol–water partition coefficient (Wildman–Crippen LogP) is 2.88. The lowest BCUT2D eigenvalue weighted by atomic mass is 10.0. The molecule has 3 aromatic rings. The SMILES string of the molecule is COCCCNc1cc(-n2nc(C)c3c2CN(C(=O)c2ccc(C)cc2)CC3=O)ccc1C(N)=O. The number of aryl methyl sites for hydroxylation is 2. The molecule has 9 heteroatoms. The first kappa shape index (κ1) is 24.2. The maximum absolute atomic E-state index is 13.1. The Bertz CT molecular complexity index is 1280. The number of nitrogens with zero attached hydrogens (tertiary/aromatic N) is 3. The minimum absolute atomic E-state index is 0.000832. The largest absolute Gasteiger partial charge is 0.385 e. The molecule has 3 N–H and O–H groups in total. The highest BCUT2D eigenvalue weighted by molar-refractivity contribution is 6.05. The normalized spacial score (nSPS) is 13.0. The summed E-state index contributed by atoms with van der Waals surface area (Å²) >= 11 is 0. The van der Waals surface area contributed by atoms with E-state index in [1.165, 1.54) is 4.90 Å². The summed E-state index contributed by atoms with van der Waals surface area (Å²) in [7, 11) is 1.63. The Hall–Kier alpha value is -3.98. The van der Waals surface area contributed by atoms with E-state index in [0.29, 0.717) is 52.6 Å². The van der Waals surface area contributed by atoms with E-state index >= 15 is 0 Å². The topological polar surface area (TPSA) is 120 Å². The highest BCUT2D eigenvalue weighted by atomic mass is 16.5. The van der Waals surface area contributed by atoms with Gasteiger partial charge in [-0.05, 0) is 50.6 Å². The van der Waals surface area contributed by atoms with E-state index in [1.807, 2.05) is 19.1 Å². The zero-order chi connectivity index (χ0) is 25.1. The molecule has 2 aromatic carbocycles. The van der Waals surface area contributed by atoms with Crippen molar-refractivity contribution >= 4 is 23.3 Å². The Labute approximate surface area is 203 Å². The lowest BCUT2D eigenvalue weighted by molar-refractivity contribution is 0.0675. The first-order chi connectivity index (χ1) is 16.8. The van der Waals surface area contributed by atoms with Crippen molar-refractivity contribution < 1.29 is 19.1 Å². The van der Waals surface area contributed by atoms with Gasteiger partial charge in [0.1, 0.15) is 0 Å². The summed E-state index contributed by atoms with van der Waals surface area (Å²) < 4.78 is 6.75. The van der Waals surface area contributed by atoms with Gasteiger partial charge < -0.3 is 20.7 Å². The molecular formula is C26H29N5O4. The van der Waals surface area contributed by atoms with Crippen LogP contribution in [0.1, 0.15) is 54.4 Å². The molecule has 4 rings (SSSR count). The van der Waals surface area contributed by atoms with Crippen LogP contribution in [0.4, 0.5) is 5.69 Å². The number of hydrogen-bond donors (Lipinski definition) is 2. The third kappa shape index (κ3) is 4.95. The summed E-state index contributed by atoms with van der Waals surface area (Å²) in [6.45, 7) is 5.15. The van der Waals surface area contributed by atoms with Crippen molar-refractivity contribution in [1.29, 1.82) is 0 Å². The number of amides is 2. The van der Waals surface area contributed by atoms with Gasteiger partial charge in [-0.2, -0.15) is 5.10 Å². The fourth-order valence-electron chi connectivity index (χ4n) is 4.27. The summed E-state index contributed by atoms with van der Waals surface area (Å²) in [4.78, 5) is 39.7. The summed E-state index contributed by atoms with van der Waals surface area (Å²) in [6, 6.07) is 12.4. The molecule has 9 nitrogen and oxygen atoms in total. The van der Waals surface area contributed by atoms with Gasteiger partial charge in [0.05, 0.1) is 41.3 Å². The first-order valence-electron chi connectivity index (χ1n) is 11.4. The molecular weight excluding hydrogens is 446 g/mol. The molecule has 0 atom stereocenters. The average Bonchev–Trinajstić information content (AvgIpc) is 3.18. The van der Waals surface area contributed by atoms with Gasteiger partial charge in [0.15, 0.2) is 5.78 Å². The van der Waals surface area contributed by atoms with Gasteiger partial charge in [0.2, 0.25) is 0 Å². The summed E-state index contributed by atoms with van der Waals surface area (Å²) in [5.41, 5.74) is 10.5. The Morgan fingerprint density at radius 3 is 2.54 bits per heavy atom. The van der Waals surface area contributed by atoms with Crippen LogP contribution in [-0.2, 0) is 11.3 Å². The molecule has 182 valence electrons. The van der Waals surface area contributed by atoms with Gasteiger partial charge in [0.25, 0.3) is 11.8 Å². The van der Waals surface area contributed by atoms with Crippen LogP contribution in [0, 0.1) is 13.8 Å². The van der Waals surface area contributed by atoms with Gasteiger partial charge in [0, 0.05) is 31.5 Å². The minimum atomic E-state index is -0.547. The molecule has 0 unspecified atom stereocenters. The van der Waals surface area contributed by atoms with E-state index < -0.39 is 5.91 Å². The summed E-state index contributed by atoms with van der Waals surface area (Å²) in [5.74, 6) is -0.907. The van der Waals surface area contributed by atoms with Crippen LogP contribution >= 0.6 is 0 Å². The van der Waals surface area contributed by atoms with Gasteiger partial charge in [-0.25, -0.2) is 4.68 Å². The summed E-state index contributed by atoms with van der Waals surface area (Å²) in [5, 5.41) is 7.85. The number of benzene rings is 2. The second-order valence-electron chi connectivity index (χ2n) is 8.64. The van der Waals surface area contributed by atoms with Crippen molar-refractivity contribution in [2.24, 2.45) is 5.73 Å². The number of nitrogens with two attached hydrogens (primary N) is 1. The maximum atomic E-state index is 13.1. The number of carbonyl (C=O) groups is 3. The third-order valence-electron chi connectivity index (χ3n) is 6.05. The molecule has 0 aliphatic carbocycles. The van der Waals surface area contributed by atoms with Crippen molar-refractivity contribution in [1.82, 2.24) is 14.7 Å². The standard InChI is InChI=1S/C26H29N5O4/c1-16-5-7-18(8-6-16)26(34)30-14-22-24(23(32)15-30)17(2)29-31(22)19-9-10-20(25(27)33)21(13-19)28-11-4-12-35-3/h5-10,13,28H,4,11-12,14-15H2,1-3H3,(H2,27,33). The fraction of sp³-hybridized carbons (Fsp3) is 0.308. The van der Waals surface area contributed by atoms with Crippen molar-refractivity contribution in [3.63, 3.8) is 0 Å². The van der Waals surface area contributed by atoms with E-state index in [0.717, 1.165) is 12.0 Å². The van der Waals surface area contributed by atoms with Crippen LogP contribution in [0.3, 0.4) is 0 Å². The number of aromatic nitrogens is 2. The molecule has 35 heavy (non-hydrogen) atoms. The number of Topliss-reactive ketones (excluding diaryl/α,β-unsaturated/α-hetero) is 1. The van der Waals surface area contributed by atoms with Crippen LogP contribution in [0.2, 0.25) is 0 Å². The Balaban J connectivity index is 1.68. The van der Waals surface area contributed by atoms with E-state index in [-0.39, 0.29) is 24.8 Å². The first-order valence-corrected chi connectivity index (χ1v) is 11.4. The van der Waals surface area contributed by atoms with Crippen molar-refractivity contribution in [2.45, 2.75) is 26.8 Å². The van der Waals surface area contributed by atoms with Crippen LogP contribution in [-0.4, -0.2) is 59.1 Å². The molecule has 1 aliphatic rings. The maximum Gasteiger partial charge on any atom is 0.254 e. The molecule has 0 radical (unpaired) electrons. The molecule has 0 saturated carbocycles. The van der Waals surface area contributed by atoms with Gasteiger partial charge >= 0.3 is 0 Å². The number of methoxy groups -OCH3 is 1. The number of ketones is 1. The van der Waals surface area contributed by atoms with E-state index in [2.05, 4.69) is 10.4 Å². The van der Waals surface area contributed by atoms with Crippen molar-refractivity contribution in [3.8, 4) is 5.69 Å². The highest BCUT2D eigenvalue weighted by Gasteiger charge is 2.33.